The lowest BCUT2D eigenvalue weighted by Crippen LogP contribution is -2.15. The topological polar surface area (TPSA) is 78.8 Å². The highest BCUT2D eigenvalue weighted by Crippen LogP contribution is 2.12. The third-order valence-corrected chi connectivity index (χ3v) is 1.80. The fourth-order valence-electron chi connectivity index (χ4n) is 0.788. The van der Waals surface area contributed by atoms with E-state index in [-0.39, 0.29) is 5.75 Å². The molecule has 0 radical (unpaired) electrons. The normalized spacial score (nSPS) is 11.8. The highest BCUT2D eigenvalue weighted by atomic mass is 32.2. The van der Waals surface area contributed by atoms with Gasteiger partial charge in [-0.3, -0.25) is 0 Å². The maximum Gasteiger partial charge on any atom is 0.244 e. The Labute approximate surface area is 82.1 Å². The molecule has 0 spiro atoms. The van der Waals surface area contributed by atoms with Crippen molar-refractivity contribution >= 4 is 16.2 Å². The van der Waals surface area contributed by atoms with Crippen LogP contribution in [0.25, 0.3) is 0 Å². The van der Waals surface area contributed by atoms with E-state index in [0.717, 1.165) is 6.26 Å². The minimum absolute atomic E-state index is 0.0477. The Morgan fingerprint density at radius 1 is 1.43 bits per heavy atom. The van der Waals surface area contributed by atoms with Gasteiger partial charge in [0.1, 0.15) is 5.75 Å². The minimum atomic E-state index is -3.34. The Morgan fingerprint density at radius 2 is 2.07 bits per heavy atom. The van der Waals surface area contributed by atoms with E-state index in [1.54, 1.807) is 18.2 Å². The summed E-state index contributed by atoms with van der Waals surface area (Å²) < 4.78 is 21.2. The molecule has 0 aliphatic carbocycles. The summed E-state index contributed by atoms with van der Waals surface area (Å²) >= 11 is 0. The van der Waals surface area contributed by atoms with Crippen molar-refractivity contribution in [3.05, 3.63) is 29.8 Å². The molecule has 1 rings (SSSR count). The predicted octanol–water partition coefficient (Wildman–Crippen LogP) is 0.275. The maximum atomic E-state index is 10.6. The summed E-state index contributed by atoms with van der Waals surface area (Å²) in [6, 6.07) is 6.47. The van der Waals surface area contributed by atoms with E-state index >= 15 is 0 Å². The van der Waals surface area contributed by atoms with Crippen molar-refractivity contribution < 1.29 is 13.5 Å². The van der Waals surface area contributed by atoms with Crippen molar-refractivity contribution in [3.8, 4) is 5.75 Å². The lowest BCUT2D eigenvalue weighted by atomic mass is 10.2. The first kappa shape index (κ1) is 10.5. The monoisotopic (exact) mass is 214 g/mol. The molecule has 0 aliphatic heterocycles. The number of rotatable bonds is 3. The smallest absolute Gasteiger partial charge is 0.244 e. The molecule has 6 heteroatoms. The second-order valence-corrected chi connectivity index (χ2v) is 4.41. The van der Waals surface area contributed by atoms with Crippen LogP contribution in [0.1, 0.15) is 5.56 Å². The molecule has 0 saturated carbocycles. The molecular weight excluding hydrogens is 204 g/mol. The Hall–Kier alpha value is -1.56. The standard InChI is InChI=1S/C8H10N2O3S/c1-14(12,13)10-9-6-7-4-2-3-5-8(7)11/h2-6,10-11H,1H3. The minimum Gasteiger partial charge on any atom is -0.507 e. The van der Waals surface area contributed by atoms with Gasteiger partial charge in [-0.25, -0.2) is 13.2 Å². The molecule has 2 N–H and O–H groups in total. The molecule has 0 aromatic heterocycles. The molecule has 0 amide bonds. The third kappa shape index (κ3) is 3.44. The van der Waals surface area contributed by atoms with Gasteiger partial charge < -0.3 is 5.11 Å². The molecule has 1 aromatic carbocycles. The predicted molar refractivity (Wildman–Crippen MR) is 53.7 cm³/mol. The van der Waals surface area contributed by atoms with Crippen LogP contribution in [0.3, 0.4) is 0 Å². The number of sulfonamides is 1. The molecule has 0 aliphatic rings. The first-order valence-electron chi connectivity index (χ1n) is 3.77. The van der Waals surface area contributed by atoms with Gasteiger partial charge in [0.2, 0.25) is 10.0 Å². The third-order valence-electron chi connectivity index (χ3n) is 1.36. The van der Waals surface area contributed by atoms with Crippen molar-refractivity contribution in [1.82, 2.24) is 4.83 Å². The summed E-state index contributed by atoms with van der Waals surface area (Å²) in [4.78, 5) is 1.93. The van der Waals surface area contributed by atoms with Crippen LogP contribution in [0.5, 0.6) is 5.75 Å². The molecule has 5 nitrogen and oxygen atoms in total. The number of hydrazone groups is 1. The molecule has 76 valence electrons. The summed E-state index contributed by atoms with van der Waals surface area (Å²) in [6.07, 6.45) is 2.23. The van der Waals surface area contributed by atoms with Gasteiger partial charge in [-0.2, -0.15) is 5.10 Å². The maximum absolute atomic E-state index is 10.6. The average Bonchev–Trinajstić information content (AvgIpc) is 2.06. The zero-order valence-corrected chi connectivity index (χ0v) is 8.32. The number of hydrogen-bond acceptors (Lipinski definition) is 4. The van der Waals surface area contributed by atoms with Gasteiger partial charge in [0.05, 0.1) is 12.5 Å². The van der Waals surface area contributed by atoms with Crippen molar-refractivity contribution in [2.24, 2.45) is 5.10 Å². The zero-order valence-electron chi connectivity index (χ0n) is 7.51. The molecular formula is C8H10N2O3S. The Morgan fingerprint density at radius 3 is 2.64 bits per heavy atom. The summed E-state index contributed by atoms with van der Waals surface area (Å²) in [5.74, 6) is 0.0477. The summed E-state index contributed by atoms with van der Waals surface area (Å²) in [5, 5.41) is 12.7. The van der Waals surface area contributed by atoms with Gasteiger partial charge in [-0.05, 0) is 12.1 Å². The number of para-hydroxylation sites is 1. The van der Waals surface area contributed by atoms with E-state index in [2.05, 4.69) is 5.10 Å². The SMILES string of the molecule is CS(=O)(=O)NN=Cc1ccccc1O. The number of benzene rings is 1. The van der Waals surface area contributed by atoms with Gasteiger partial charge in [0.15, 0.2) is 0 Å². The molecule has 0 atom stereocenters. The second kappa shape index (κ2) is 4.10. The number of hydrogen-bond donors (Lipinski definition) is 2. The summed E-state index contributed by atoms with van der Waals surface area (Å²) in [6.45, 7) is 0. The highest BCUT2D eigenvalue weighted by molar-refractivity contribution is 7.88. The first-order chi connectivity index (χ1) is 6.49. The summed E-state index contributed by atoms with van der Waals surface area (Å²) in [7, 11) is -3.34. The number of nitrogens with one attached hydrogen (secondary N) is 1. The lowest BCUT2D eigenvalue weighted by Gasteiger charge is -1.97. The van der Waals surface area contributed by atoms with Crippen LogP contribution in [0.15, 0.2) is 29.4 Å². The Kier molecular flexibility index (Phi) is 3.08. The Balaban J connectivity index is 2.75. The summed E-state index contributed by atoms with van der Waals surface area (Å²) in [5.41, 5.74) is 0.448. The molecule has 0 unspecified atom stereocenters. The van der Waals surface area contributed by atoms with Gasteiger partial charge >= 0.3 is 0 Å². The quantitative estimate of drug-likeness (QED) is 0.560. The van der Waals surface area contributed by atoms with Crippen molar-refractivity contribution in [2.45, 2.75) is 0 Å². The zero-order chi connectivity index (χ0) is 10.6. The largest absolute Gasteiger partial charge is 0.507 e. The van der Waals surface area contributed by atoms with Crippen LogP contribution >= 0.6 is 0 Å². The van der Waals surface area contributed by atoms with E-state index < -0.39 is 10.0 Å². The van der Waals surface area contributed by atoms with Crippen LogP contribution in [0.2, 0.25) is 0 Å². The molecule has 0 fully saturated rings. The van der Waals surface area contributed by atoms with Crippen LogP contribution in [0, 0.1) is 0 Å². The second-order valence-electron chi connectivity index (χ2n) is 2.68. The van der Waals surface area contributed by atoms with Crippen LogP contribution < -0.4 is 4.83 Å². The van der Waals surface area contributed by atoms with E-state index in [9.17, 15) is 13.5 Å². The number of nitrogens with zero attached hydrogens (tertiary/aromatic N) is 1. The highest BCUT2D eigenvalue weighted by Gasteiger charge is 1.97. The Bertz CT molecular complexity index is 440. The fourth-order valence-corrected chi connectivity index (χ4v) is 1.03. The van der Waals surface area contributed by atoms with Crippen LogP contribution in [-0.4, -0.2) is 26.0 Å². The van der Waals surface area contributed by atoms with Crippen LogP contribution in [0.4, 0.5) is 0 Å². The number of phenols is 1. The molecule has 0 heterocycles. The molecule has 0 saturated heterocycles. The van der Waals surface area contributed by atoms with Gasteiger partial charge in [-0.15, -0.1) is 0 Å². The van der Waals surface area contributed by atoms with Crippen molar-refractivity contribution in [3.63, 3.8) is 0 Å². The number of aromatic hydroxyl groups is 1. The van der Waals surface area contributed by atoms with Crippen molar-refractivity contribution in [2.75, 3.05) is 6.26 Å². The van der Waals surface area contributed by atoms with Gasteiger partial charge in [0.25, 0.3) is 0 Å². The van der Waals surface area contributed by atoms with E-state index in [1.165, 1.54) is 12.3 Å². The van der Waals surface area contributed by atoms with E-state index in [1.807, 2.05) is 4.83 Å². The van der Waals surface area contributed by atoms with Gasteiger partial charge in [0, 0.05) is 5.56 Å². The number of phenolic OH excluding ortho intramolecular Hbond substituents is 1. The molecule has 14 heavy (non-hydrogen) atoms. The molecule has 1 aromatic rings. The van der Waals surface area contributed by atoms with Crippen LogP contribution in [-0.2, 0) is 10.0 Å². The molecule has 0 bridgehead atoms. The first-order valence-corrected chi connectivity index (χ1v) is 5.66. The van der Waals surface area contributed by atoms with E-state index in [4.69, 9.17) is 0 Å². The average molecular weight is 214 g/mol. The van der Waals surface area contributed by atoms with E-state index in [0.29, 0.717) is 5.56 Å². The lowest BCUT2D eigenvalue weighted by molar-refractivity contribution is 0.474. The van der Waals surface area contributed by atoms with Gasteiger partial charge in [-0.1, -0.05) is 12.1 Å². The van der Waals surface area contributed by atoms with Crippen molar-refractivity contribution in [1.29, 1.82) is 0 Å². The fraction of sp³-hybridized carbons (Fsp3) is 0.125.